The zero-order valence-electron chi connectivity index (χ0n) is 9.50. The van der Waals surface area contributed by atoms with Crippen LogP contribution in [-0.4, -0.2) is 17.8 Å². The summed E-state index contributed by atoms with van der Waals surface area (Å²) in [4.78, 5) is 0. The third kappa shape index (κ3) is 3.54. The molecule has 0 aromatic heterocycles. The number of aliphatic hydroxyl groups excluding tert-OH is 1. The first-order chi connectivity index (χ1) is 7.54. The molecule has 4 heteroatoms. The van der Waals surface area contributed by atoms with E-state index in [1.807, 2.05) is 13.8 Å². The number of rotatable bonds is 5. The van der Waals surface area contributed by atoms with E-state index in [1.165, 1.54) is 6.07 Å². The molecule has 0 saturated carbocycles. The summed E-state index contributed by atoms with van der Waals surface area (Å²) in [6, 6.07) is 3.93. The molecule has 1 rings (SSSR count). The van der Waals surface area contributed by atoms with Crippen molar-refractivity contribution >= 4 is 0 Å². The normalized spacial score (nSPS) is 14.8. The van der Waals surface area contributed by atoms with Gasteiger partial charge in [-0.2, -0.15) is 0 Å². The quantitative estimate of drug-likeness (QED) is 0.812. The lowest BCUT2D eigenvalue weighted by Crippen LogP contribution is -2.29. The maximum atomic E-state index is 13.0. The van der Waals surface area contributed by atoms with E-state index < -0.39 is 11.6 Å². The van der Waals surface area contributed by atoms with Gasteiger partial charge in [0.15, 0.2) is 11.6 Å². The summed E-state index contributed by atoms with van der Waals surface area (Å²) in [7, 11) is 0. The summed E-state index contributed by atoms with van der Waals surface area (Å²) in [6.07, 6.45) is 0.633. The summed E-state index contributed by atoms with van der Waals surface area (Å²) in [5.41, 5.74) is 0.698. The van der Waals surface area contributed by atoms with Crippen molar-refractivity contribution in [1.29, 1.82) is 0 Å². The van der Waals surface area contributed by atoms with Gasteiger partial charge in [-0.1, -0.05) is 6.07 Å². The van der Waals surface area contributed by atoms with E-state index in [4.69, 9.17) is 5.11 Å². The molecular weight excluding hydrogens is 212 g/mol. The van der Waals surface area contributed by atoms with Gasteiger partial charge in [0.25, 0.3) is 0 Å². The molecule has 1 aromatic rings. The van der Waals surface area contributed by atoms with E-state index in [9.17, 15) is 8.78 Å². The summed E-state index contributed by atoms with van der Waals surface area (Å²) < 4.78 is 25.7. The van der Waals surface area contributed by atoms with E-state index in [-0.39, 0.29) is 18.7 Å². The molecule has 0 saturated heterocycles. The van der Waals surface area contributed by atoms with Crippen molar-refractivity contribution in [1.82, 2.24) is 5.32 Å². The molecule has 0 fully saturated rings. The van der Waals surface area contributed by atoms with Crippen LogP contribution in [0.2, 0.25) is 0 Å². The van der Waals surface area contributed by atoms with E-state index in [0.717, 1.165) is 6.07 Å². The van der Waals surface area contributed by atoms with Crippen LogP contribution >= 0.6 is 0 Å². The SMILES string of the molecule is CC(N[C@H](C)CCO)c1ccc(F)c(F)c1. The second-order valence-corrected chi connectivity index (χ2v) is 3.98. The molecule has 2 atom stereocenters. The predicted octanol–water partition coefficient (Wildman–Crippen LogP) is 2.39. The Morgan fingerprint density at radius 3 is 2.50 bits per heavy atom. The van der Waals surface area contributed by atoms with Gasteiger partial charge in [0.1, 0.15) is 0 Å². The van der Waals surface area contributed by atoms with Crippen LogP contribution in [0.4, 0.5) is 8.78 Å². The van der Waals surface area contributed by atoms with Gasteiger partial charge in [-0.05, 0) is 38.0 Å². The zero-order valence-corrected chi connectivity index (χ0v) is 9.50. The van der Waals surface area contributed by atoms with Crippen molar-refractivity contribution in [3.8, 4) is 0 Å². The molecule has 2 N–H and O–H groups in total. The van der Waals surface area contributed by atoms with Crippen LogP contribution in [0.15, 0.2) is 18.2 Å². The monoisotopic (exact) mass is 229 g/mol. The van der Waals surface area contributed by atoms with Crippen molar-refractivity contribution in [3.05, 3.63) is 35.4 Å². The minimum atomic E-state index is -0.834. The highest BCUT2D eigenvalue weighted by Crippen LogP contribution is 2.16. The van der Waals surface area contributed by atoms with Gasteiger partial charge in [0.05, 0.1) is 0 Å². The first-order valence-corrected chi connectivity index (χ1v) is 5.36. The molecular formula is C12H17F2NO. The van der Waals surface area contributed by atoms with Gasteiger partial charge in [0.2, 0.25) is 0 Å². The largest absolute Gasteiger partial charge is 0.396 e. The lowest BCUT2D eigenvalue weighted by Gasteiger charge is -2.19. The standard InChI is InChI=1S/C12H17F2NO/c1-8(5-6-16)15-9(2)10-3-4-11(13)12(14)7-10/h3-4,7-9,15-16H,5-6H2,1-2H3/t8-,9?/m1/s1. The second kappa shape index (κ2) is 5.92. The molecule has 0 amide bonds. The Morgan fingerprint density at radius 2 is 1.94 bits per heavy atom. The Balaban J connectivity index is 2.65. The van der Waals surface area contributed by atoms with E-state index in [1.54, 1.807) is 6.07 Å². The Kier molecular flexibility index (Phi) is 4.83. The molecule has 0 heterocycles. The fraction of sp³-hybridized carbons (Fsp3) is 0.500. The van der Waals surface area contributed by atoms with Crippen molar-refractivity contribution in [2.24, 2.45) is 0 Å². The van der Waals surface area contributed by atoms with Gasteiger partial charge in [0, 0.05) is 18.7 Å². The van der Waals surface area contributed by atoms with Gasteiger partial charge in [-0.3, -0.25) is 0 Å². The predicted molar refractivity (Wildman–Crippen MR) is 59.1 cm³/mol. The summed E-state index contributed by atoms with van der Waals surface area (Å²) >= 11 is 0. The van der Waals surface area contributed by atoms with Crippen molar-refractivity contribution in [2.45, 2.75) is 32.4 Å². The molecule has 1 unspecified atom stereocenters. The summed E-state index contributed by atoms with van der Waals surface area (Å²) in [6.45, 7) is 3.92. The fourth-order valence-corrected chi connectivity index (χ4v) is 1.58. The molecule has 0 aliphatic carbocycles. The van der Waals surface area contributed by atoms with Crippen LogP contribution in [-0.2, 0) is 0 Å². The van der Waals surface area contributed by atoms with Gasteiger partial charge in [-0.15, -0.1) is 0 Å². The lowest BCUT2D eigenvalue weighted by molar-refractivity contribution is 0.264. The van der Waals surface area contributed by atoms with Gasteiger partial charge < -0.3 is 10.4 Å². The molecule has 0 radical (unpaired) electrons. The van der Waals surface area contributed by atoms with Crippen molar-refractivity contribution < 1.29 is 13.9 Å². The highest BCUT2D eigenvalue weighted by atomic mass is 19.2. The van der Waals surface area contributed by atoms with Crippen molar-refractivity contribution in [2.75, 3.05) is 6.61 Å². The number of aliphatic hydroxyl groups is 1. The summed E-state index contributed by atoms with van der Waals surface area (Å²) in [5.74, 6) is -1.67. The number of nitrogens with one attached hydrogen (secondary N) is 1. The minimum absolute atomic E-state index is 0.0725. The Morgan fingerprint density at radius 1 is 1.25 bits per heavy atom. The maximum Gasteiger partial charge on any atom is 0.159 e. The highest BCUT2D eigenvalue weighted by molar-refractivity contribution is 5.20. The Bertz CT molecular complexity index is 344. The molecule has 0 spiro atoms. The molecule has 0 aliphatic rings. The van der Waals surface area contributed by atoms with Crippen molar-refractivity contribution in [3.63, 3.8) is 0 Å². The average Bonchev–Trinajstić information content (AvgIpc) is 2.22. The zero-order chi connectivity index (χ0) is 12.1. The van der Waals surface area contributed by atoms with Crippen LogP contribution in [0, 0.1) is 11.6 Å². The van der Waals surface area contributed by atoms with Crippen LogP contribution < -0.4 is 5.32 Å². The van der Waals surface area contributed by atoms with Crippen LogP contribution in [0.1, 0.15) is 31.9 Å². The van der Waals surface area contributed by atoms with Crippen LogP contribution in [0.5, 0.6) is 0 Å². The van der Waals surface area contributed by atoms with Crippen LogP contribution in [0.3, 0.4) is 0 Å². The van der Waals surface area contributed by atoms with Gasteiger partial charge in [-0.25, -0.2) is 8.78 Å². The first kappa shape index (κ1) is 13.1. The molecule has 90 valence electrons. The number of hydrogen-bond donors (Lipinski definition) is 2. The lowest BCUT2D eigenvalue weighted by atomic mass is 10.1. The molecule has 0 aliphatic heterocycles. The third-order valence-corrected chi connectivity index (χ3v) is 2.54. The maximum absolute atomic E-state index is 13.0. The molecule has 1 aromatic carbocycles. The topological polar surface area (TPSA) is 32.3 Å². The molecule has 16 heavy (non-hydrogen) atoms. The van der Waals surface area contributed by atoms with Gasteiger partial charge >= 0.3 is 0 Å². The Hall–Kier alpha value is -1.00. The molecule has 2 nitrogen and oxygen atoms in total. The number of benzene rings is 1. The fourth-order valence-electron chi connectivity index (χ4n) is 1.58. The average molecular weight is 229 g/mol. The van der Waals surface area contributed by atoms with E-state index in [0.29, 0.717) is 12.0 Å². The number of hydrogen-bond acceptors (Lipinski definition) is 2. The van der Waals surface area contributed by atoms with Crippen LogP contribution in [0.25, 0.3) is 0 Å². The van der Waals surface area contributed by atoms with E-state index in [2.05, 4.69) is 5.32 Å². The highest BCUT2D eigenvalue weighted by Gasteiger charge is 2.11. The summed E-state index contributed by atoms with van der Waals surface area (Å²) in [5, 5.41) is 11.9. The number of halogens is 2. The third-order valence-electron chi connectivity index (χ3n) is 2.54. The minimum Gasteiger partial charge on any atom is -0.396 e. The first-order valence-electron chi connectivity index (χ1n) is 5.36. The smallest absolute Gasteiger partial charge is 0.159 e. The van der Waals surface area contributed by atoms with E-state index >= 15 is 0 Å². The Labute approximate surface area is 94.3 Å². The second-order valence-electron chi connectivity index (χ2n) is 3.98. The molecule has 0 bridgehead atoms.